The van der Waals surface area contributed by atoms with Gasteiger partial charge in [-0.3, -0.25) is 9.89 Å². The molecule has 1 heterocycles. The summed E-state index contributed by atoms with van der Waals surface area (Å²) in [6.45, 7) is 5.88. The Hall–Kier alpha value is -2.01. The van der Waals surface area contributed by atoms with Gasteiger partial charge in [-0.25, -0.2) is 0 Å². The van der Waals surface area contributed by atoms with Gasteiger partial charge in [0.1, 0.15) is 0 Å². The molecule has 4 N–H and O–H groups in total. The van der Waals surface area contributed by atoms with Crippen LogP contribution in [0.15, 0.2) is 18.2 Å². The number of aryl methyl sites for hydroxylation is 1. The van der Waals surface area contributed by atoms with E-state index in [9.17, 15) is 4.79 Å². The molecular weight excluding hydrogens is 276 g/mol. The first-order valence-electron chi connectivity index (χ1n) is 6.31. The summed E-state index contributed by atoms with van der Waals surface area (Å²) in [5.41, 5.74) is 8.81. The minimum atomic E-state index is -0.378. The first-order valence-corrected chi connectivity index (χ1v) is 6.69. The van der Waals surface area contributed by atoms with E-state index >= 15 is 0 Å². The van der Waals surface area contributed by atoms with E-state index in [0.717, 1.165) is 11.3 Å². The number of nitrogens with zero attached hydrogens (tertiary/aromatic N) is 1. The van der Waals surface area contributed by atoms with Gasteiger partial charge in [-0.15, -0.1) is 0 Å². The molecule has 106 valence electrons. The molecule has 0 aliphatic heterocycles. The van der Waals surface area contributed by atoms with Crippen LogP contribution >= 0.6 is 11.6 Å². The van der Waals surface area contributed by atoms with Crippen LogP contribution in [0.3, 0.4) is 0 Å². The Kier molecular flexibility index (Phi) is 3.99. The van der Waals surface area contributed by atoms with Gasteiger partial charge in [-0.05, 0) is 30.5 Å². The van der Waals surface area contributed by atoms with Crippen LogP contribution in [0.25, 0.3) is 0 Å². The SMILES string of the molecule is Cc1ccc(NC(=O)c2n[nH]c(C(C)C)c2N)c(Cl)c1. The number of anilines is 2. The quantitative estimate of drug-likeness (QED) is 0.811. The Morgan fingerprint density at radius 2 is 2.15 bits per heavy atom. The van der Waals surface area contributed by atoms with Crippen molar-refractivity contribution in [2.24, 2.45) is 0 Å². The van der Waals surface area contributed by atoms with Crippen molar-refractivity contribution in [3.63, 3.8) is 0 Å². The smallest absolute Gasteiger partial charge is 0.278 e. The highest BCUT2D eigenvalue weighted by Crippen LogP contribution is 2.26. The second-order valence-electron chi connectivity index (χ2n) is 4.99. The van der Waals surface area contributed by atoms with Crippen LogP contribution in [0.4, 0.5) is 11.4 Å². The monoisotopic (exact) mass is 292 g/mol. The normalized spacial score (nSPS) is 10.8. The Balaban J connectivity index is 2.24. The van der Waals surface area contributed by atoms with Gasteiger partial charge in [0, 0.05) is 0 Å². The summed E-state index contributed by atoms with van der Waals surface area (Å²) < 4.78 is 0. The lowest BCUT2D eigenvalue weighted by Crippen LogP contribution is -2.14. The molecule has 0 fully saturated rings. The van der Waals surface area contributed by atoms with Gasteiger partial charge in [-0.1, -0.05) is 31.5 Å². The number of aromatic amines is 1. The second kappa shape index (κ2) is 5.54. The van der Waals surface area contributed by atoms with E-state index in [-0.39, 0.29) is 17.5 Å². The predicted molar refractivity (Wildman–Crippen MR) is 81.2 cm³/mol. The van der Waals surface area contributed by atoms with Crippen LogP contribution in [-0.2, 0) is 0 Å². The number of H-pyrrole nitrogens is 1. The summed E-state index contributed by atoms with van der Waals surface area (Å²) in [5, 5.41) is 9.97. The fourth-order valence-electron chi connectivity index (χ4n) is 1.88. The molecule has 2 aromatic rings. The van der Waals surface area contributed by atoms with E-state index in [1.165, 1.54) is 0 Å². The number of aromatic nitrogens is 2. The summed E-state index contributed by atoms with van der Waals surface area (Å²) in [7, 11) is 0. The Labute approximate surface area is 122 Å². The molecule has 1 amide bonds. The zero-order chi connectivity index (χ0) is 14.9. The minimum Gasteiger partial charge on any atom is -0.395 e. The van der Waals surface area contributed by atoms with Gasteiger partial charge in [0.25, 0.3) is 5.91 Å². The molecule has 0 radical (unpaired) electrons. The van der Waals surface area contributed by atoms with Crippen molar-refractivity contribution in [3.8, 4) is 0 Å². The minimum absolute atomic E-state index is 0.173. The highest BCUT2D eigenvalue weighted by atomic mass is 35.5. The number of hydrogen-bond acceptors (Lipinski definition) is 3. The van der Waals surface area contributed by atoms with Gasteiger partial charge in [0.05, 0.1) is 22.1 Å². The highest BCUT2D eigenvalue weighted by molar-refractivity contribution is 6.34. The zero-order valence-corrected chi connectivity index (χ0v) is 12.4. The topological polar surface area (TPSA) is 83.8 Å². The first kappa shape index (κ1) is 14.4. The van der Waals surface area contributed by atoms with E-state index in [1.54, 1.807) is 12.1 Å². The highest BCUT2D eigenvalue weighted by Gasteiger charge is 2.19. The Bertz CT molecular complexity index is 649. The molecule has 0 saturated heterocycles. The number of carbonyl (C=O) groups is 1. The fourth-order valence-corrected chi connectivity index (χ4v) is 2.16. The van der Waals surface area contributed by atoms with Crippen LogP contribution in [0.2, 0.25) is 5.02 Å². The average Bonchev–Trinajstić information content (AvgIpc) is 2.74. The molecule has 20 heavy (non-hydrogen) atoms. The maximum atomic E-state index is 12.2. The second-order valence-corrected chi connectivity index (χ2v) is 5.40. The van der Waals surface area contributed by atoms with Crippen LogP contribution in [0.5, 0.6) is 0 Å². The van der Waals surface area contributed by atoms with E-state index in [0.29, 0.717) is 16.4 Å². The summed E-state index contributed by atoms with van der Waals surface area (Å²) >= 11 is 6.08. The van der Waals surface area contributed by atoms with Crippen LogP contribution in [0, 0.1) is 6.92 Å². The number of nitrogens with two attached hydrogens (primary N) is 1. The van der Waals surface area contributed by atoms with Crippen molar-refractivity contribution < 1.29 is 4.79 Å². The van der Waals surface area contributed by atoms with Gasteiger partial charge < -0.3 is 11.1 Å². The standard InChI is InChI=1S/C14H17ClN4O/c1-7(2)12-11(16)13(19-18-12)14(20)17-10-5-4-8(3)6-9(10)15/h4-7H,16H2,1-3H3,(H,17,20)(H,18,19). The third-order valence-electron chi connectivity index (χ3n) is 3.00. The van der Waals surface area contributed by atoms with E-state index < -0.39 is 0 Å². The molecule has 0 unspecified atom stereocenters. The number of carbonyl (C=O) groups excluding carboxylic acids is 1. The third kappa shape index (κ3) is 2.77. The first-order chi connectivity index (χ1) is 9.40. The van der Waals surface area contributed by atoms with Crippen molar-refractivity contribution in [2.45, 2.75) is 26.7 Å². The number of amides is 1. The fraction of sp³-hybridized carbons (Fsp3) is 0.286. The van der Waals surface area contributed by atoms with Crippen molar-refractivity contribution in [1.82, 2.24) is 10.2 Å². The Morgan fingerprint density at radius 3 is 2.70 bits per heavy atom. The summed E-state index contributed by atoms with van der Waals surface area (Å²) in [6, 6.07) is 5.40. The van der Waals surface area contributed by atoms with Crippen LogP contribution < -0.4 is 11.1 Å². The van der Waals surface area contributed by atoms with Gasteiger partial charge in [0.15, 0.2) is 5.69 Å². The molecule has 1 aromatic heterocycles. The molecule has 0 spiro atoms. The van der Waals surface area contributed by atoms with E-state index in [1.807, 2.05) is 26.8 Å². The number of benzene rings is 1. The van der Waals surface area contributed by atoms with Gasteiger partial charge >= 0.3 is 0 Å². The number of nitrogen functional groups attached to an aromatic ring is 1. The van der Waals surface area contributed by atoms with E-state index in [4.69, 9.17) is 17.3 Å². The molecule has 0 aliphatic carbocycles. The summed E-state index contributed by atoms with van der Waals surface area (Å²) in [4.78, 5) is 12.2. The molecule has 1 aromatic carbocycles. The van der Waals surface area contributed by atoms with Crippen LogP contribution in [-0.4, -0.2) is 16.1 Å². The lowest BCUT2D eigenvalue weighted by molar-refractivity contribution is 0.102. The third-order valence-corrected chi connectivity index (χ3v) is 3.31. The molecule has 0 bridgehead atoms. The maximum Gasteiger partial charge on any atom is 0.278 e. The number of hydrogen-bond donors (Lipinski definition) is 3. The molecule has 0 aliphatic rings. The van der Waals surface area contributed by atoms with Gasteiger partial charge in [-0.2, -0.15) is 5.10 Å². The lowest BCUT2D eigenvalue weighted by atomic mass is 10.1. The van der Waals surface area contributed by atoms with Crippen molar-refractivity contribution in [1.29, 1.82) is 0 Å². The van der Waals surface area contributed by atoms with Crippen molar-refractivity contribution in [3.05, 3.63) is 40.2 Å². The number of rotatable bonds is 3. The van der Waals surface area contributed by atoms with Gasteiger partial charge in [0.2, 0.25) is 0 Å². The van der Waals surface area contributed by atoms with Crippen molar-refractivity contribution in [2.75, 3.05) is 11.1 Å². The lowest BCUT2D eigenvalue weighted by Gasteiger charge is -2.07. The zero-order valence-electron chi connectivity index (χ0n) is 11.6. The maximum absolute atomic E-state index is 12.2. The average molecular weight is 293 g/mol. The number of halogens is 1. The summed E-state index contributed by atoms with van der Waals surface area (Å²) in [5.74, 6) is -0.205. The predicted octanol–water partition coefficient (Wildman–Crippen LogP) is 3.33. The van der Waals surface area contributed by atoms with Crippen LogP contribution in [0.1, 0.15) is 41.5 Å². The Morgan fingerprint density at radius 1 is 1.45 bits per heavy atom. The van der Waals surface area contributed by atoms with Crippen molar-refractivity contribution >= 4 is 28.9 Å². The molecule has 5 nitrogen and oxygen atoms in total. The molecule has 0 saturated carbocycles. The molecule has 2 rings (SSSR count). The molecular formula is C14H17ClN4O. The summed E-state index contributed by atoms with van der Waals surface area (Å²) in [6.07, 6.45) is 0. The largest absolute Gasteiger partial charge is 0.395 e. The molecule has 6 heteroatoms. The molecule has 0 atom stereocenters. The number of nitrogens with one attached hydrogen (secondary N) is 2. The van der Waals surface area contributed by atoms with E-state index in [2.05, 4.69) is 15.5 Å².